The monoisotopic (exact) mass is 375 g/mol. The molecule has 3 aromatic rings. The Morgan fingerprint density at radius 1 is 1.14 bits per heavy atom. The van der Waals surface area contributed by atoms with E-state index in [-0.39, 0.29) is 23.1 Å². The van der Waals surface area contributed by atoms with Gasteiger partial charge in [-0.1, -0.05) is 50.1 Å². The van der Waals surface area contributed by atoms with Crippen molar-refractivity contribution in [2.75, 3.05) is 0 Å². The van der Waals surface area contributed by atoms with Crippen LogP contribution in [0, 0.1) is 5.92 Å². The van der Waals surface area contributed by atoms with E-state index in [0.29, 0.717) is 18.1 Å². The summed E-state index contributed by atoms with van der Waals surface area (Å²) in [6, 6.07) is 15.3. The Hall–Kier alpha value is -2.95. The number of benzene rings is 1. The van der Waals surface area contributed by atoms with Crippen molar-refractivity contribution in [1.82, 2.24) is 14.9 Å². The summed E-state index contributed by atoms with van der Waals surface area (Å²) in [7, 11) is 0. The van der Waals surface area contributed by atoms with E-state index in [9.17, 15) is 9.59 Å². The first-order valence-corrected chi connectivity index (χ1v) is 9.97. The standard InChI is InChI=1S/C23H25N3O2/c1-16-8-5-6-12-20(16)25-22(27)19-14-18-11-7-13-24-21(18)26(23(19)28)15-17-9-3-2-4-10-17/h2-4,7,9-11,13-14,16,20H,5-6,8,12,15H2,1H3,(H,25,27)/t16-,20+/m1/s1. The number of nitrogens with zero attached hydrogens (tertiary/aromatic N) is 2. The number of aromatic nitrogens is 2. The molecule has 1 aliphatic rings. The van der Waals surface area contributed by atoms with Gasteiger partial charge in [0.2, 0.25) is 0 Å². The van der Waals surface area contributed by atoms with E-state index >= 15 is 0 Å². The second-order valence-corrected chi connectivity index (χ2v) is 7.69. The summed E-state index contributed by atoms with van der Waals surface area (Å²) in [6.45, 7) is 2.55. The number of carbonyl (C=O) groups excluding carboxylic acids is 1. The molecule has 0 radical (unpaired) electrons. The van der Waals surface area contributed by atoms with Crippen molar-refractivity contribution in [3.8, 4) is 0 Å². The number of rotatable bonds is 4. The molecule has 1 aromatic carbocycles. The highest BCUT2D eigenvalue weighted by atomic mass is 16.2. The van der Waals surface area contributed by atoms with E-state index in [1.54, 1.807) is 16.8 Å². The Morgan fingerprint density at radius 3 is 2.71 bits per heavy atom. The molecule has 0 unspecified atom stereocenters. The number of pyridine rings is 2. The summed E-state index contributed by atoms with van der Waals surface area (Å²) in [4.78, 5) is 30.6. The van der Waals surface area contributed by atoms with Crippen LogP contribution in [0.2, 0.25) is 0 Å². The normalized spacial score (nSPS) is 19.5. The first kappa shape index (κ1) is 18.4. The van der Waals surface area contributed by atoms with E-state index < -0.39 is 0 Å². The summed E-state index contributed by atoms with van der Waals surface area (Å²) in [5.41, 5.74) is 1.49. The Morgan fingerprint density at radius 2 is 1.93 bits per heavy atom. The lowest BCUT2D eigenvalue weighted by molar-refractivity contribution is 0.0908. The lowest BCUT2D eigenvalue weighted by atomic mass is 9.86. The fourth-order valence-corrected chi connectivity index (χ4v) is 4.06. The molecule has 0 saturated heterocycles. The number of hydrogen-bond donors (Lipinski definition) is 1. The summed E-state index contributed by atoms with van der Waals surface area (Å²) in [6.07, 6.45) is 6.09. The summed E-state index contributed by atoms with van der Waals surface area (Å²) < 4.78 is 1.60. The molecular formula is C23H25N3O2. The van der Waals surface area contributed by atoms with E-state index in [4.69, 9.17) is 0 Å². The molecule has 5 heteroatoms. The molecule has 4 rings (SSSR count). The Kier molecular flexibility index (Phi) is 5.24. The molecular weight excluding hydrogens is 350 g/mol. The molecule has 1 aliphatic carbocycles. The average Bonchev–Trinajstić information content (AvgIpc) is 2.72. The number of amides is 1. The van der Waals surface area contributed by atoms with Gasteiger partial charge < -0.3 is 5.32 Å². The molecule has 5 nitrogen and oxygen atoms in total. The Labute approximate surface area is 164 Å². The summed E-state index contributed by atoms with van der Waals surface area (Å²) >= 11 is 0. The van der Waals surface area contributed by atoms with Gasteiger partial charge in [-0.3, -0.25) is 14.2 Å². The van der Waals surface area contributed by atoms with Crippen LogP contribution in [-0.2, 0) is 6.54 Å². The van der Waals surface area contributed by atoms with Crippen LogP contribution in [0.5, 0.6) is 0 Å². The molecule has 1 saturated carbocycles. The van der Waals surface area contributed by atoms with Crippen molar-refractivity contribution in [2.24, 2.45) is 5.92 Å². The van der Waals surface area contributed by atoms with Gasteiger partial charge in [0.25, 0.3) is 11.5 Å². The fraction of sp³-hybridized carbons (Fsp3) is 0.348. The van der Waals surface area contributed by atoms with Crippen molar-refractivity contribution < 1.29 is 4.79 Å². The molecule has 2 aromatic heterocycles. The molecule has 1 N–H and O–H groups in total. The maximum atomic E-state index is 13.2. The predicted octanol–water partition coefficient (Wildman–Crippen LogP) is 3.75. The Bertz CT molecular complexity index is 1040. The SMILES string of the molecule is C[C@@H]1CCCC[C@@H]1NC(=O)c1cc2cccnc2n(Cc2ccccc2)c1=O. The van der Waals surface area contributed by atoms with E-state index in [0.717, 1.165) is 30.2 Å². The number of hydrogen-bond acceptors (Lipinski definition) is 3. The van der Waals surface area contributed by atoms with Gasteiger partial charge in [-0.15, -0.1) is 0 Å². The van der Waals surface area contributed by atoms with Gasteiger partial charge in [-0.25, -0.2) is 4.98 Å². The van der Waals surface area contributed by atoms with Crippen molar-refractivity contribution in [3.05, 3.63) is 76.2 Å². The number of nitrogens with one attached hydrogen (secondary N) is 1. The molecule has 2 heterocycles. The van der Waals surface area contributed by atoms with Gasteiger partial charge in [0, 0.05) is 17.6 Å². The van der Waals surface area contributed by atoms with Gasteiger partial charge in [0.1, 0.15) is 11.2 Å². The van der Waals surface area contributed by atoms with Crippen LogP contribution in [0.1, 0.15) is 48.5 Å². The van der Waals surface area contributed by atoms with Crippen molar-refractivity contribution in [1.29, 1.82) is 0 Å². The minimum Gasteiger partial charge on any atom is -0.349 e. The zero-order chi connectivity index (χ0) is 19.5. The topological polar surface area (TPSA) is 64.0 Å². The fourth-order valence-electron chi connectivity index (χ4n) is 4.06. The second kappa shape index (κ2) is 7.97. The molecule has 0 aliphatic heterocycles. The maximum absolute atomic E-state index is 13.2. The van der Waals surface area contributed by atoms with E-state index in [1.807, 2.05) is 42.5 Å². The van der Waals surface area contributed by atoms with Crippen LogP contribution in [0.15, 0.2) is 59.5 Å². The van der Waals surface area contributed by atoms with Crippen molar-refractivity contribution in [2.45, 2.75) is 45.2 Å². The molecule has 144 valence electrons. The number of carbonyl (C=O) groups is 1. The highest BCUT2D eigenvalue weighted by molar-refractivity contribution is 5.97. The third-order valence-electron chi connectivity index (χ3n) is 5.70. The molecule has 1 amide bonds. The smallest absolute Gasteiger partial charge is 0.265 e. The van der Waals surface area contributed by atoms with E-state index in [2.05, 4.69) is 17.2 Å². The maximum Gasteiger partial charge on any atom is 0.265 e. The quantitative estimate of drug-likeness (QED) is 0.755. The number of fused-ring (bicyclic) bond motifs is 1. The van der Waals surface area contributed by atoms with Crippen LogP contribution >= 0.6 is 0 Å². The van der Waals surface area contributed by atoms with Crippen LogP contribution in [0.3, 0.4) is 0 Å². The van der Waals surface area contributed by atoms with E-state index in [1.165, 1.54) is 6.42 Å². The third-order valence-corrected chi connectivity index (χ3v) is 5.70. The third kappa shape index (κ3) is 3.70. The van der Waals surface area contributed by atoms with Gasteiger partial charge in [0.05, 0.1) is 6.54 Å². The van der Waals surface area contributed by atoms with Crippen LogP contribution in [0.4, 0.5) is 0 Å². The largest absolute Gasteiger partial charge is 0.349 e. The lowest BCUT2D eigenvalue weighted by Gasteiger charge is -2.29. The predicted molar refractivity (Wildman–Crippen MR) is 110 cm³/mol. The molecule has 0 spiro atoms. The molecule has 1 fully saturated rings. The van der Waals surface area contributed by atoms with Gasteiger partial charge in [0.15, 0.2) is 0 Å². The van der Waals surface area contributed by atoms with Gasteiger partial charge in [-0.2, -0.15) is 0 Å². The second-order valence-electron chi connectivity index (χ2n) is 7.69. The van der Waals surface area contributed by atoms with Crippen LogP contribution in [0.25, 0.3) is 11.0 Å². The minimum absolute atomic E-state index is 0.132. The summed E-state index contributed by atoms with van der Waals surface area (Å²) in [5.74, 6) is 0.155. The van der Waals surface area contributed by atoms with Gasteiger partial charge >= 0.3 is 0 Å². The minimum atomic E-state index is -0.295. The highest BCUT2D eigenvalue weighted by Gasteiger charge is 2.25. The van der Waals surface area contributed by atoms with Crippen molar-refractivity contribution >= 4 is 16.9 Å². The highest BCUT2D eigenvalue weighted by Crippen LogP contribution is 2.24. The van der Waals surface area contributed by atoms with Crippen LogP contribution in [-0.4, -0.2) is 21.5 Å². The molecule has 2 atom stereocenters. The molecule has 0 bridgehead atoms. The zero-order valence-corrected chi connectivity index (χ0v) is 16.1. The molecule has 28 heavy (non-hydrogen) atoms. The van der Waals surface area contributed by atoms with Gasteiger partial charge in [-0.05, 0) is 42.5 Å². The van der Waals surface area contributed by atoms with Crippen LogP contribution < -0.4 is 10.9 Å². The average molecular weight is 375 g/mol. The van der Waals surface area contributed by atoms with Crippen molar-refractivity contribution in [3.63, 3.8) is 0 Å². The Balaban J connectivity index is 1.73. The zero-order valence-electron chi connectivity index (χ0n) is 16.1. The lowest BCUT2D eigenvalue weighted by Crippen LogP contribution is -2.43. The summed E-state index contributed by atoms with van der Waals surface area (Å²) in [5, 5.41) is 3.90. The first-order valence-electron chi connectivity index (χ1n) is 9.97. The first-order chi connectivity index (χ1) is 13.6.